The van der Waals surface area contributed by atoms with Gasteiger partial charge >= 0.3 is 0 Å². The molecule has 3 N–H and O–H groups in total. The Labute approximate surface area is 115 Å². The summed E-state index contributed by atoms with van der Waals surface area (Å²) in [7, 11) is 0. The predicted molar refractivity (Wildman–Crippen MR) is 77.0 cm³/mol. The number of nitrogens with zero attached hydrogens (tertiary/aromatic N) is 3. The van der Waals surface area contributed by atoms with Gasteiger partial charge in [0.05, 0.1) is 23.6 Å². The third-order valence-electron chi connectivity index (χ3n) is 2.91. The van der Waals surface area contributed by atoms with Crippen molar-refractivity contribution in [2.45, 2.75) is 6.54 Å². The Hall–Kier alpha value is -2.89. The van der Waals surface area contributed by atoms with Crippen molar-refractivity contribution in [3.8, 4) is 0 Å². The van der Waals surface area contributed by atoms with Gasteiger partial charge in [0, 0.05) is 5.39 Å². The Balaban J connectivity index is 1.74. The highest BCUT2D eigenvalue weighted by Crippen LogP contribution is 2.13. The molecule has 20 heavy (non-hydrogen) atoms. The van der Waals surface area contributed by atoms with Crippen molar-refractivity contribution in [3.63, 3.8) is 0 Å². The Bertz CT molecular complexity index is 748. The summed E-state index contributed by atoms with van der Waals surface area (Å²) in [6, 6.07) is 11.1. The summed E-state index contributed by atoms with van der Waals surface area (Å²) in [5, 5.41) is 7.97. The smallest absolute Gasteiger partial charge is 0.246 e. The fourth-order valence-corrected chi connectivity index (χ4v) is 1.97. The van der Waals surface area contributed by atoms with Crippen LogP contribution in [-0.2, 0) is 11.3 Å². The lowest BCUT2D eigenvalue weighted by molar-refractivity contribution is -0.116. The van der Waals surface area contributed by atoms with Crippen molar-refractivity contribution >= 4 is 28.3 Å². The first-order valence-corrected chi connectivity index (χ1v) is 6.14. The number of carbonyl (C=O) groups excluding carboxylic acids is 1. The summed E-state index contributed by atoms with van der Waals surface area (Å²) in [4.78, 5) is 15.9. The highest BCUT2D eigenvalue weighted by Gasteiger charge is 2.07. The second kappa shape index (κ2) is 5.00. The molecule has 0 aliphatic carbocycles. The number of fused-ring (bicyclic) bond motifs is 1. The van der Waals surface area contributed by atoms with E-state index in [9.17, 15) is 4.79 Å². The lowest BCUT2D eigenvalue weighted by Crippen LogP contribution is -2.19. The summed E-state index contributed by atoms with van der Waals surface area (Å²) in [5.41, 5.74) is 7.03. The number of carbonyl (C=O) groups is 1. The number of pyridine rings is 1. The van der Waals surface area contributed by atoms with E-state index < -0.39 is 0 Å². The molecule has 0 unspecified atom stereocenters. The number of nitrogens with one attached hydrogen (secondary N) is 1. The van der Waals surface area contributed by atoms with Gasteiger partial charge in [-0.3, -0.25) is 9.48 Å². The average molecular weight is 267 g/mol. The summed E-state index contributed by atoms with van der Waals surface area (Å²) in [6.45, 7) is 0.151. The van der Waals surface area contributed by atoms with Gasteiger partial charge in [0.2, 0.25) is 5.91 Å². The molecule has 0 fully saturated rings. The second-order valence-corrected chi connectivity index (χ2v) is 4.38. The van der Waals surface area contributed by atoms with Crippen molar-refractivity contribution in [1.82, 2.24) is 14.8 Å². The van der Waals surface area contributed by atoms with Crippen molar-refractivity contribution in [2.75, 3.05) is 11.1 Å². The van der Waals surface area contributed by atoms with E-state index >= 15 is 0 Å². The van der Waals surface area contributed by atoms with Gasteiger partial charge in [0.15, 0.2) is 0 Å². The number of aromatic nitrogens is 3. The summed E-state index contributed by atoms with van der Waals surface area (Å²) in [5.74, 6) is 0.256. The molecule has 0 aliphatic rings. The van der Waals surface area contributed by atoms with Crippen LogP contribution in [0.4, 0.5) is 11.5 Å². The van der Waals surface area contributed by atoms with Crippen LogP contribution in [0.2, 0.25) is 0 Å². The molecule has 2 heterocycles. The van der Waals surface area contributed by atoms with E-state index in [0.29, 0.717) is 11.5 Å². The number of anilines is 2. The van der Waals surface area contributed by atoms with E-state index in [2.05, 4.69) is 15.4 Å². The molecule has 100 valence electrons. The molecule has 6 nitrogen and oxygen atoms in total. The fourth-order valence-electron chi connectivity index (χ4n) is 1.97. The van der Waals surface area contributed by atoms with Crippen LogP contribution in [0.15, 0.2) is 48.8 Å². The molecule has 2 aromatic heterocycles. The average Bonchev–Trinajstić information content (AvgIpc) is 2.85. The minimum absolute atomic E-state index is 0.151. The maximum absolute atomic E-state index is 12.0. The van der Waals surface area contributed by atoms with Crippen LogP contribution in [0.3, 0.4) is 0 Å². The van der Waals surface area contributed by atoms with Crippen molar-refractivity contribution in [3.05, 3.63) is 48.8 Å². The van der Waals surface area contributed by atoms with Gasteiger partial charge in [-0.1, -0.05) is 18.2 Å². The first kappa shape index (κ1) is 12.2. The first-order chi connectivity index (χ1) is 9.72. The molecule has 0 radical (unpaired) electrons. The minimum atomic E-state index is -0.162. The molecule has 3 rings (SSSR count). The molecular weight excluding hydrogens is 254 g/mol. The van der Waals surface area contributed by atoms with Crippen molar-refractivity contribution in [2.24, 2.45) is 0 Å². The maximum Gasteiger partial charge on any atom is 0.246 e. The molecule has 6 heteroatoms. The lowest BCUT2D eigenvalue weighted by atomic mass is 10.2. The Morgan fingerprint density at radius 1 is 1.20 bits per heavy atom. The number of nitrogen functional groups attached to an aromatic ring is 1. The third kappa shape index (κ3) is 2.44. The molecule has 3 aromatic rings. The second-order valence-electron chi connectivity index (χ2n) is 4.38. The highest BCUT2D eigenvalue weighted by molar-refractivity contribution is 5.91. The van der Waals surface area contributed by atoms with Gasteiger partial charge < -0.3 is 11.1 Å². The van der Waals surface area contributed by atoms with E-state index in [-0.39, 0.29) is 12.5 Å². The largest absolute Gasteiger partial charge is 0.384 e. The number of hydrogen-bond acceptors (Lipinski definition) is 4. The number of benzene rings is 1. The van der Waals surface area contributed by atoms with Gasteiger partial charge in [-0.2, -0.15) is 5.10 Å². The van der Waals surface area contributed by atoms with E-state index in [1.807, 2.05) is 24.3 Å². The standard InChI is InChI=1S/C14H13N5O/c15-13-6-5-11(8-16-13)18-14(20)9-19-12-4-2-1-3-10(12)7-17-19/h1-8H,9H2,(H2,15,16)(H,18,20). The fraction of sp³-hybridized carbons (Fsp3) is 0.0714. The number of rotatable bonds is 3. The van der Waals surface area contributed by atoms with E-state index in [1.165, 1.54) is 6.20 Å². The van der Waals surface area contributed by atoms with E-state index in [0.717, 1.165) is 10.9 Å². The number of para-hydroxylation sites is 1. The summed E-state index contributed by atoms with van der Waals surface area (Å²) in [6.07, 6.45) is 3.27. The molecule has 0 aliphatic heterocycles. The maximum atomic E-state index is 12.0. The Morgan fingerprint density at radius 2 is 2.05 bits per heavy atom. The number of amides is 1. The van der Waals surface area contributed by atoms with E-state index in [1.54, 1.807) is 23.0 Å². The molecule has 0 spiro atoms. The third-order valence-corrected chi connectivity index (χ3v) is 2.91. The quantitative estimate of drug-likeness (QED) is 0.755. The topological polar surface area (TPSA) is 85.8 Å². The van der Waals surface area contributed by atoms with Crippen molar-refractivity contribution in [1.29, 1.82) is 0 Å². The first-order valence-electron chi connectivity index (χ1n) is 6.14. The molecular formula is C14H13N5O. The minimum Gasteiger partial charge on any atom is -0.384 e. The summed E-state index contributed by atoms with van der Waals surface area (Å²) >= 11 is 0. The van der Waals surface area contributed by atoms with Gasteiger partial charge in [-0.25, -0.2) is 4.98 Å². The Morgan fingerprint density at radius 3 is 2.85 bits per heavy atom. The molecule has 0 bridgehead atoms. The molecule has 0 atom stereocenters. The molecule has 1 amide bonds. The van der Waals surface area contributed by atoms with Crippen molar-refractivity contribution < 1.29 is 4.79 Å². The SMILES string of the molecule is Nc1ccc(NC(=O)Cn2ncc3ccccc32)cn1. The van der Waals surface area contributed by atoms with Crippen LogP contribution in [0.25, 0.3) is 10.9 Å². The molecule has 1 aromatic carbocycles. The lowest BCUT2D eigenvalue weighted by Gasteiger charge is -2.06. The van der Waals surface area contributed by atoms with Crippen LogP contribution >= 0.6 is 0 Å². The van der Waals surface area contributed by atoms with Gasteiger partial charge in [-0.15, -0.1) is 0 Å². The zero-order valence-electron chi connectivity index (χ0n) is 10.7. The Kier molecular flexibility index (Phi) is 3.04. The monoisotopic (exact) mass is 267 g/mol. The number of hydrogen-bond donors (Lipinski definition) is 2. The zero-order valence-corrected chi connectivity index (χ0v) is 10.7. The van der Waals surface area contributed by atoms with Crippen LogP contribution in [0.1, 0.15) is 0 Å². The van der Waals surface area contributed by atoms with Gasteiger partial charge in [-0.05, 0) is 18.2 Å². The number of nitrogens with two attached hydrogens (primary N) is 1. The zero-order chi connectivity index (χ0) is 13.9. The molecule has 0 saturated carbocycles. The summed E-state index contributed by atoms with van der Waals surface area (Å²) < 4.78 is 1.66. The van der Waals surface area contributed by atoms with Crippen LogP contribution < -0.4 is 11.1 Å². The highest BCUT2D eigenvalue weighted by atomic mass is 16.2. The van der Waals surface area contributed by atoms with Crippen LogP contribution in [0, 0.1) is 0 Å². The van der Waals surface area contributed by atoms with Gasteiger partial charge in [0.25, 0.3) is 0 Å². The normalized spacial score (nSPS) is 10.6. The van der Waals surface area contributed by atoms with E-state index in [4.69, 9.17) is 5.73 Å². The van der Waals surface area contributed by atoms with Crippen LogP contribution in [-0.4, -0.2) is 20.7 Å². The van der Waals surface area contributed by atoms with Crippen LogP contribution in [0.5, 0.6) is 0 Å². The molecule has 0 saturated heterocycles. The predicted octanol–water partition coefficient (Wildman–Crippen LogP) is 1.65. The van der Waals surface area contributed by atoms with Gasteiger partial charge in [0.1, 0.15) is 12.4 Å².